The number of hydrogen-bond donors (Lipinski definition) is 1. The van der Waals surface area contributed by atoms with Gasteiger partial charge in [-0.15, -0.1) is 0 Å². The van der Waals surface area contributed by atoms with E-state index in [4.69, 9.17) is 5.73 Å². The van der Waals surface area contributed by atoms with Crippen LogP contribution in [0.1, 0.15) is 31.7 Å². The van der Waals surface area contributed by atoms with E-state index in [2.05, 4.69) is 54.0 Å². The molecule has 1 rings (SSSR count). The summed E-state index contributed by atoms with van der Waals surface area (Å²) in [6.45, 7) is 4.30. The van der Waals surface area contributed by atoms with E-state index in [9.17, 15) is 0 Å². The fraction of sp³-hybridized carbons (Fsp3) is 0.455. The van der Waals surface area contributed by atoms with Gasteiger partial charge in [0.1, 0.15) is 0 Å². The van der Waals surface area contributed by atoms with E-state index in [0.29, 0.717) is 5.92 Å². The summed E-state index contributed by atoms with van der Waals surface area (Å²) >= 11 is 3.42. The minimum atomic E-state index is 0.265. The quantitative estimate of drug-likeness (QED) is 0.864. The summed E-state index contributed by atoms with van der Waals surface area (Å²) < 4.78 is 1.12. The summed E-state index contributed by atoms with van der Waals surface area (Å²) in [4.78, 5) is 0. The van der Waals surface area contributed by atoms with E-state index in [-0.39, 0.29) is 6.04 Å². The normalized spacial score (nSPS) is 15.4. The largest absolute Gasteiger partial charge is 0.327 e. The molecule has 13 heavy (non-hydrogen) atoms. The van der Waals surface area contributed by atoms with Gasteiger partial charge in [-0.3, -0.25) is 0 Å². The van der Waals surface area contributed by atoms with Crippen molar-refractivity contribution in [3.63, 3.8) is 0 Å². The third kappa shape index (κ3) is 2.82. The molecule has 0 spiro atoms. The average molecular weight is 242 g/mol. The Bertz CT molecular complexity index is 255. The van der Waals surface area contributed by atoms with E-state index in [1.165, 1.54) is 5.56 Å². The van der Waals surface area contributed by atoms with Crippen molar-refractivity contribution in [2.75, 3.05) is 0 Å². The molecule has 0 bridgehead atoms. The first-order chi connectivity index (χ1) is 6.15. The minimum Gasteiger partial charge on any atom is -0.327 e. The molecule has 0 saturated heterocycles. The van der Waals surface area contributed by atoms with Gasteiger partial charge < -0.3 is 5.73 Å². The summed E-state index contributed by atoms with van der Waals surface area (Å²) in [5.41, 5.74) is 7.29. The lowest BCUT2D eigenvalue weighted by Crippen LogP contribution is -2.25. The smallest absolute Gasteiger partial charge is 0.0175 e. The van der Waals surface area contributed by atoms with Crippen LogP contribution in [0.4, 0.5) is 0 Å². The van der Waals surface area contributed by atoms with Gasteiger partial charge in [0.15, 0.2) is 0 Å². The zero-order chi connectivity index (χ0) is 9.84. The van der Waals surface area contributed by atoms with Gasteiger partial charge in [-0.05, 0) is 30.0 Å². The molecule has 0 aliphatic heterocycles. The molecular formula is C11H16BrN. The highest BCUT2D eigenvalue weighted by atomic mass is 79.9. The molecule has 2 unspecified atom stereocenters. The lowest BCUT2D eigenvalue weighted by molar-refractivity contribution is 0.551. The highest BCUT2D eigenvalue weighted by molar-refractivity contribution is 9.10. The zero-order valence-electron chi connectivity index (χ0n) is 8.13. The van der Waals surface area contributed by atoms with Crippen LogP contribution in [0.15, 0.2) is 28.7 Å². The highest BCUT2D eigenvalue weighted by Gasteiger charge is 2.12. The van der Waals surface area contributed by atoms with Gasteiger partial charge in [-0.2, -0.15) is 0 Å². The zero-order valence-corrected chi connectivity index (χ0v) is 9.71. The lowest BCUT2D eigenvalue weighted by Gasteiger charge is -2.18. The Kier molecular flexibility index (Phi) is 3.94. The van der Waals surface area contributed by atoms with Crippen molar-refractivity contribution in [3.05, 3.63) is 34.3 Å². The Balaban J connectivity index is 2.77. The second-order valence-corrected chi connectivity index (χ2v) is 4.33. The number of nitrogens with two attached hydrogens (primary N) is 1. The first-order valence-electron chi connectivity index (χ1n) is 4.66. The molecule has 0 radical (unpaired) electrons. The van der Waals surface area contributed by atoms with Crippen LogP contribution in [-0.4, -0.2) is 6.04 Å². The van der Waals surface area contributed by atoms with Crippen LogP contribution < -0.4 is 5.73 Å². The fourth-order valence-corrected chi connectivity index (χ4v) is 1.63. The van der Waals surface area contributed by atoms with E-state index < -0.39 is 0 Å². The maximum Gasteiger partial charge on any atom is 0.0175 e. The number of halogens is 1. The summed E-state index contributed by atoms with van der Waals surface area (Å²) in [6, 6.07) is 8.65. The molecule has 2 heteroatoms. The molecule has 1 nitrogen and oxygen atoms in total. The molecule has 0 aliphatic rings. The van der Waals surface area contributed by atoms with Crippen LogP contribution in [0.2, 0.25) is 0 Å². The lowest BCUT2D eigenvalue weighted by atomic mass is 9.92. The van der Waals surface area contributed by atoms with Crippen molar-refractivity contribution in [2.45, 2.75) is 32.2 Å². The molecule has 1 aromatic rings. The predicted molar refractivity (Wildman–Crippen MR) is 60.8 cm³/mol. The first kappa shape index (κ1) is 10.7. The highest BCUT2D eigenvalue weighted by Crippen LogP contribution is 2.21. The predicted octanol–water partition coefficient (Wildman–Crippen LogP) is 3.29. The minimum absolute atomic E-state index is 0.265. The standard InChI is InChI=1S/C11H16BrN/c1-3-11(13)8(2)9-4-6-10(12)7-5-9/h4-8,11H,3,13H2,1-2H3. The molecule has 72 valence electrons. The van der Waals surface area contributed by atoms with E-state index >= 15 is 0 Å². The Hall–Kier alpha value is -0.340. The Labute approximate surface area is 88.5 Å². The van der Waals surface area contributed by atoms with Gasteiger partial charge in [-0.25, -0.2) is 0 Å². The molecule has 0 fully saturated rings. The van der Waals surface area contributed by atoms with Gasteiger partial charge in [0.05, 0.1) is 0 Å². The van der Waals surface area contributed by atoms with Crippen LogP contribution in [0.3, 0.4) is 0 Å². The van der Waals surface area contributed by atoms with Gasteiger partial charge in [0, 0.05) is 10.5 Å². The van der Waals surface area contributed by atoms with Crippen molar-refractivity contribution >= 4 is 15.9 Å². The number of hydrogen-bond acceptors (Lipinski definition) is 1. The molecule has 2 atom stereocenters. The molecule has 0 aliphatic carbocycles. The molecule has 0 heterocycles. The van der Waals surface area contributed by atoms with Gasteiger partial charge in [0.25, 0.3) is 0 Å². The molecule has 0 amide bonds. The summed E-state index contributed by atoms with van der Waals surface area (Å²) in [5.74, 6) is 0.443. The fourth-order valence-electron chi connectivity index (χ4n) is 1.37. The van der Waals surface area contributed by atoms with Crippen LogP contribution in [0, 0.1) is 0 Å². The van der Waals surface area contributed by atoms with Crippen molar-refractivity contribution in [2.24, 2.45) is 5.73 Å². The van der Waals surface area contributed by atoms with Crippen molar-refractivity contribution in [1.29, 1.82) is 0 Å². The maximum atomic E-state index is 5.97. The number of rotatable bonds is 3. The van der Waals surface area contributed by atoms with Crippen LogP contribution in [0.5, 0.6) is 0 Å². The Morgan fingerprint density at radius 2 is 1.85 bits per heavy atom. The van der Waals surface area contributed by atoms with Crippen LogP contribution in [0.25, 0.3) is 0 Å². The summed E-state index contributed by atoms with van der Waals surface area (Å²) in [7, 11) is 0. The van der Waals surface area contributed by atoms with Crippen molar-refractivity contribution < 1.29 is 0 Å². The van der Waals surface area contributed by atoms with E-state index in [0.717, 1.165) is 10.9 Å². The van der Waals surface area contributed by atoms with Gasteiger partial charge in [0.2, 0.25) is 0 Å². The first-order valence-corrected chi connectivity index (χ1v) is 5.45. The van der Waals surface area contributed by atoms with E-state index in [1.807, 2.05) is 0 Å². The van der Waals surface area contributed by atoms with Crippen molar-refractivity contribution in [3.8, 4) is 0 Å². The Morgan fingerprint density at radius 3 is 2.31 bits per heavy atom. The topological polar surface area (TPSA) is 26.0 Å². The maximum absolute atomic E-state index is 5.97. The van der Waals surface area contributed by atoms with Gasteiger partial charge in [-0.1, -0.05) is 41.9 Å². The Morgan fingerprint density at radius 1 is 1.31 bits per heavy atom. The van der Waals surface area contributed by atoms with Crippen molar-refractivity contribution in [1.82, 2.24) is 0 Å². The van der Waals surface area contributed by atoms with Crippen LogP contribution >= 0.6 is 15.9 Å². The third-order valence-corrected chi connectivity index (χ3v) is 3.04. The summed E-state index contributed by atoms with van der Waals surface area (Å²) in [6.07, 6.45) is 1.03. The number of benzene rings is 1. The molecule has 0 saturated carbocycles. The SMILES string of the molecule is CCC(N)C(C)c1ccc(Br)cc1. The second kappa shape index (κ2) is 4.77. The third-order valence-electron chi connectivity index (χ3n) is 2.51. The average Bonchev–Trinajstić information content (AvgIpc) is 2.17. The molecule has 1 aromatic carbocycles. The monoisotopic (exact) mass is 241 g/mol. The van der Waals surface area contributed by atoms with Crippen LogP contribution in [-0.2, 0) is 0 Å². The molecule has 0 aromatic heterocycles. The molecular weight excluding hydrogens is 226 g/mol. The molecule has 2 N–H and O–H groups in total. The summed E-state index contributed by atoms with van der Waals surface area (Å²) in [5, 5.41) is 0. The van der Waals surface area contributed by atoms with E-state index in [1.54, 1.807) is 0 Å². The van der Waals surface area contributed by atoms with Gasteiger partial charge >= 0.3 is 0 Å². The second-order valence-electron chi connectivity index (χ2n) is 3.41.